The molecule has 0 amide bonds. The van der Waals surface area contributed by atoms with Crippen LogP contribution in [0.5, 0.6) is 0 Å². The molecule has 3 nitrogen and oxygen atoms in total. The van der Waals surface area contributed by atoms with Gasteiger partial charge in [0.1, 0.15) is 0 Å². The second kappa shape index (κ2) is 4.61. The highest BCUT2D eigenvalue weighted by molar-refractivity contribution is 5.69. The highest BCUT2D eigenvalue weighted by atomic mass is 16.5. The van der Waals surface area contributed by atoms with E-state index in [2.05, 4.69) is 32.4 Å². The van der Waals surface area contributed by atoms with Crippen LogP contribution in [0.2, 0.25) is 0 Å². The minimum Gasteiger partial charge on any atom is -0.469 e. The second-order valence-corrected chi connectivity index (χ2v) is 4.60. The summed E-state index contributed by atoms with van der Waals surface area (Å²) in [5, 5.41) is 0. The molecule has 3 heteroatoms. The zero-order valence-corrected chi connectivity index (χ0v) is 9.26. The number of carbonyl (C=O) groups excluding carboxylic acids is 1. The first-order chi connectivity index (χ1) is 5.79. The predicted molar refractivity (Wildman–Crippen MR) is 53.2 cm³/mol. The van der Waals surface area contributed by atoms with Crippen molar-refractivity contribution in [2.75, 3.05) is 7.11 Å². The first kappa shape index (κ1) is 12.4. The van der Waals surface area contributed by atoms with Crippen LogP contribution in [0.1, 0.15) is 34.1 Å². The Morgan fingerprint density at radius 3 is 2.23 bits per heavy atom. The van der Waals surface area contributed by atoms with Gasteiger partial charge < -0.3 is 10.5 Å². The van der Waals surface area contributed by atoms with E-state index < -0.39 is 0 Å². The van der Waals surface area contributed by atoms with Crippen LogP contribution in [0.25, 0.3) is 0 Å². The van der Waals surface area contributed by atoms with Gasteiger partial charge in [-0.2, -0.15) is 0 Å². The third-order valence-electron chi connectivity index (χ3n) is 2.64. The van der Waals surface area contributed by atoms with Crippen molar-refractivity contribution in [3.63, 3.8) is 0 Å². The molecular weight excluding hydrogens is 166 g/mol. The van der Waals surface area contributed by atoms with E-state index in [-0.39, 0.29) is 17.4 Å². The molecule has 0 aliphatic carbocycles. The summed E-state index contributed by atoms with van der Waals surface area (Å²) in [7, 11) is 1.39. The number of methoxy groups -OCH3 is 1. The number of esters is 1. The lowest BCUT2D eigenvalue weighted by molar-refractivity contribution is -0.141. The molecule has 2 N–H and O–H groups in total. The van der Waals surface area contributed by atoms with Crippen molar-refractivity contribution in [3.05, 3.63) is 0 Å². The third kappa shape index (κ3) is 4.27. The largest absolute Gasteiger partial charge is 0.469 e. The van der Waals surface area contributed by atoms with Crippen LogP contribution in [0.4, 0.5) is 0 Å². The van der Waals surface area contributed by atoms with E-state index in [1.54, 1.807) is 0 Å². The lowest BCUT2D eigenvalue weighted by atomic mass is 9.77. The van der Waals surface area contributed by atoms with Gasteiger partial charge in [-0.15, -0.1) is 0 Å². The molecule has 0 fully saturated rings. The average molecular weight is 187 g/mol. The summed E-state index contributed by atoms with van der Waals surface area (Å²) in [6, 6.07) is -0.118. The van der Waals surface area contributed by atoms with Crippen molar-refractivity contribution < 1.29 is 9.53 Å². The van der Waals surface area contributed by atoms with Gasteiger partial charge in [-0.1, -0.05) is 27.7 Å². The van der Waals surface area contributed by atoms with Crippen LogP contribution in [-0.2, 0) is 9.53 Å². The van der Waals surface area contributed by atoms with Crippen LogP contribution in [-0.4, -0.2) is 19.1 Å². The van der Waals surface area contributed by atoms with Crippen molar-refractivity contribution in [3.8, 4) is 0 Å². The average Bonchev–Trinajstić information content (AvgIpc) is 2.01. The summed E-state index contributed by atoms with van der Waals surface area (Å²) in [6.07, 6.45) is 0.301. The fourth-order valence-corrected chi connectivity index (χ4v) is 1.09. The number of hydrogen-bond acceptors (Lipinski definition) is 3. The minimum absolute atomic E-state index is 0.118. The summed E-state index contributed by atoms with van der Waals surface area (Å²) < 4.78 is 4.56. The van der Waals surface area contributed by atoms with Crippen molar-refractivity contribution in [1.82, 2.24) is 0 Å². The van der Waals surface area contributed by atoms with E-state index in [1.807, 2.05) is 0 Å². The predicted octanol–water partition coefficient (Wildman–Crippen LogP) is 1.56. The van der Waals surface area contributed by atoms with Gasteiger partial charge in [0.15, 0.2) is 0 Å². The Morgan fingerprint density at radius 1 is 1.46 bits per heavy atom. The van der Waals surface area contributed by atoms with Gasteiger partial charge >= 0.3 is 5.97 Å². The maximum absolute atomic E-state index is 11.0. The van der Waals surface area contributed by atoms with Crippen LogP contribution < -0.4 is 5.73 Å². The monoisotopic (exact) mass is 187 g/mol. The lowest BCUT2D eigenvalue weighted by Gasteiger charge is -2.31. The molecule has 0 rings (SSSR count). The summed E-state index contributed by atoms with van der Waals surface area (Å²) in [4.78, 5) is 11.0. The van der Waals surface area contributed by atoms with Crippen molar-refractivity contribution in [2.45, 2.75) is 40.2 Å². The molecule has 2 unspecified atom stereocenters. The van der Waals surface area contributed by atoms with Gasteiger partial charge in [0.05, 0.1) is 13.5 Å². The Balaban J connectivity index is 4.11. The first-order valence-electron chi connectivity index (χ1n) is 4.61. The fraction of sp³-hybridized carbons (Fsp3) is 0.900. The molecule has 0 heterocycles. The van der Waals surface area contributed by atoms with Gasteiger partial charge in [0.25, 0.3) is 0 Å². The molecule has 0 bridgehead atoms. The van der Waals surface area contributed by atoms with E-state index in [9.17, 15) is 4.79 Å². The Hall–Kier alpha value is -0.570. The Kier molecular flexibility index (Phi) is 4.40. The van der Waals surface area contributed by atoms with Crippen LogP contribution >= 0.6 is 0 Å². The third-order valence-corrected chi connectivity index (χ3v) is 2.64. The number of hydrogen-bond donors (Lipinski definition) is 1. The number of rotatable bonds is 3. The van der Waals surface area contributed by atoms with Gasteiger partial charge in [-0.05, 0) is 11.3 Å². The van der Waals surface area contributed by atoms with E-state index in [0.29, 0.717) is 12.3 Å². The Morgan fingerprint density at radius 2 is 1.92 bits per heavy atom. The second-order valence-electron chi connectivity index (χ2n) is 4.60. The molecule has 0 aromatic heterocycles. The van der Waals surface area contributed by atoms with Crippen LogP contribution in [0, 0.1) is 11.3 Å². The standard InChI is InChI=1S/C10H21NO2/c1-7(10(2,3)4)8(11)6-9(12)13-5/h7-8H,6,11H2,1-5H3. The van der Waals surface area contributed by atoms with Crippen molar-refractivity contribution in [1.29, 1.82) is 0 Å². The normalized spacial score (nSPS) is 16.5. The molecule has 0 aromatic rings. The van der Waals surface area contributed by atoms with Gasteiger partial charge in [-0.25, -0.2) is 0 Å². The maximum atomic E-state index is 11.0. The number of nitrogens with two attached hydrogens (primary N) is 1. The quantitative estimate of drug-likeness (QED) is 0.682. The van der Waals surface area contributed by atoms with E-state index >= 15 is 0 Å². The van der Waals surface area contributed by atoms with Crippen molar-refractivity contribution >= 4 is 5.97 Å². The molecular formula is C10H21NO2. The Bertz CT molecular complexity index is 172. The van der Waals surface area contributed by atoms with Crippen molar-refractivity contribution in [2.24, 2.45) is 17.1 Å². The Labute approximate surface area is 80.6 Å². The molecule has 0 saturated heterocycles. The molecule has 0 aromatic carbocycles. The summed E-state index contributed by atoms with van der Waals surface area (Å²) >= 11 is 0. The molecule has 78 valence electrons. The molecule has 0 aliphatic rings. The van der Waals surface area contributed by atoms with Gasteiger partial charge in [-0.3, -0.25) is 4.79 Å². The minimum atomic E-state index is -0.233. The lowest BCUT2D eigenvalue weighted by Crippen LogP contribution is -2.38. The SMILES string of the molecule is COC(=O)CC(N)C(C)C(C)(C)C. The fourth-order valence-electron chi connectivity index (χ4n) is 1.09. The summed E-state index contributed by atoms with van der Waals surface area (Å²) in [6.45, 7) is 8.42. The van der Waals surface area contributed by atoms with E-state index in [0.717, 1.165) is 0 Å². The zero-order valence-electron chi connectivity index (χ0n) is 9.26. The molecule has 0 aliphatic heterocycles. The highest BCUT2D eigenvalue weighted by Crippen LogP contribution is 2.28. The summed E-state index contributed by atoms with van der Waals surface area (Å²) in [5.41, 5.74) is 6.01. The van der Waals surface area contributed by atoms with Crippen LogP contribution in [0.15, 0.2) is 0 Å². The topological polar surface area (TPSA) is 52.3 Å². The zero-order chi connectivity index (χ0) is 10.6. The first-order valence-corrected chi connectivity index (χ1v) is 4.61. The number of carbonyl (C=O) groups is 1. The molecule has 0 spiro atoms. The molecule has 13 heavy (non-hydrogen) atoms. The molecule has 0 saturated carbocycles. The smallest absolute Gasteiger partial charge is 0.307 e. The van der Waals surface area contributed by atoms with Gasteiger partial charge in [0, 0.05) is 6.04 Å². The maximum Gasteiger partial charge on any atom is 0.307 e. The van der Waals surface area contributed by atoms with Crippen LogP contribution in [0.3, 0.4) is 0 Å². The molecule has 0 radical (unpaired) electrons. The van der Waals surface area contributed by atoms with E-state index in [1.165, 1.54) is 7.11 Å². The molecule has 2 atom stereocenters. The highest BCUT2D eigenvalue weighted by Gasteiger charge is 2.27. The summed E-state index contributed by atoms with van der Waals surface area (Å²) in [5.74, 6) is 0.0650. The van der Waals surface area contributed by atoms with Gasteiger partial charge in [0.2, 0.25) is 0 Å². The van der Waals surface area contributed by atoms with E-state index in [4.69, 9.17) is 5.73 Å². The number of ether oxygens (including phenoxy) is 1.